The topological polar surface area (TPSA) is 102 Å². The van der Waals surface area contributed by atoms with Crippen molar-refractivity contribution in [3.8, 4) is 22.8 Å². The van der Waals surface area contributed by atoms with Gasteiger partial charge < -0.3 is 10.1 Å². The van der Waals surface area contributed by atoms with Gasteiger partial charge in [0.15, 0.2) is 11.0 Å². The summed E-state index contributed by atoms with van der Waals surface area (Å²) in [7, 11) is 0. The maximum atomic E-state index is 12.7. The number of nitrogens with one attached hydrogen (secondary N) is 1. The molecule has 3 aromatic carbocycles. The van der Waals surface area contributed by atoms with E-state index >= 15 is 0 Å². The van der Waals surface area contributed by atoms with Crippen LogP contribution in [0.3, 0.4) is 0 Å². The minimum atomic E-state index is -4.76. The maximum Gasteiger partial charge on any atom is 0.573 e. The van der Waals surface area contributed by atoms with Gasteiger partial charge in [0.1, 0.15) is 12.1 Å². The summed E-state index contributed by atoms with van der Waals surface area (Å²) in [5.74, 6) is 0.352. The third-order valence-electron chi connectivity index (χ3n) is 6.56. The third-order valence-corrected chi connectivity index (χ3v) is 7.48. The lowest BCUT2D eigenvalue weighted by atomic mass is 9.95. The van der Waals surface area contributed by atoms with E-state index in [4.69, 9.17) is 0 Å². The molecule has 1 aromatic heterocycles. The highest BCUT2D eigenvalue weighted by molar-refractivity contribution is 8.15. The van der Waals surface area contributed by atoms with Gasteiger partial charge in [0, 0.05) is 11.8 Å². The fraction of sp³-hybridized carbons (Fsp3) is 0.194. The molecule has 4 aromatic rings. The maximum absolute atomic E-state index is 12.7. The largest absolute Gasteiger partial charge is 0.573 e. The first kappa shape index (κ1) is 30.5. The summed E-state index contributed by atoms with van der Waals surface area (Å²) >= 11 is 1.22. The monoisotopic (exact) mass is 620 g/mol. The van der Waals surface area contributed by atoms with Crippen LogP contribution in [0, 0.1) is 6.92 Å². The number of amides is 3. The highest BCUT2D eigenvalue weighted by Crippen LogP contribution is 2.35. The van der Waals surface area contributed by atoms with Crippen molar-refractivity contribution in [2.45, 2.75) is 33.1 Å². The van der Waals surface area contributed by atoms with Gasteiger partial charge >= 0.3 is 12.4 Å². The lowest BCUT2D eigenvalue weighted by Crippen LogP contribution is -2.31. The number of ether oxygens (including phenoxy) is 1. The number of benzene rings is 3. The molecule has 44 heavy (non-hydrogen) atoms. The lowest BCUT2D eigenvalue weighted by molar-refractivity contribution is -0.274. The molecule has 3 amide bonds. The Hall–Kier alpha value is -4.91. The number of aliphatic imine (C=N–C) groups is 1. The average molecular weight is 621 g/mol. The average Bonchev–Trinajstić information content (AvgIpc) is 3.60. The number of amidine groups is 1. The summed E-state index contributed by atoms with van der Waals surface area (Å²) in [4.78, 5) is 35.3. The molecule has 2 heterocycles. The molecular weight excluding hydrogens is 593 g/mol. The van der Waals surface area contributed by atoms with Crippen molar-refractivity contribution < 1.29 is 27.5 Å². The van der Waals surface area contributed by atoms with Crippen molar-refractivity contribution in [1.82, 2.24) is 20.1 Å². The zero-order valence-electron chi connectivity index (χ0n) is 23.9. The van der Waals surface area contributed by atoms with Gasteiger partial charge in [0.25, 0.3) is 0 Å². The van der Waals surface area contributed by atoms with Crippen LogP contribution in [0.15, 0.2) is 84.2 Å². The molecule has 1 aliphatic heterocycles. The van der Waals surface area contributed by atoms with E-state index in [1.165, 1.54) is 58.1 Å². The van der Waals surface area contributed by atoms with Crippen LogP contribution in [0.4, 0.5) is 23.7 Å². The zero-order valence-corrected chi connectivity index (χ0v) is 24.7. The Bertz CT molecular complexity index is 1730. The van der Waals surface area contributed by atoms with Crippen molar-refractivity contribution in [2.24, 2.45) is 4.99 Å². The van der Waals surface area contributed by atoms with Gasteiger partial charge in [-0.15, -0.1) is 18.3 Å². The lowest BCUT2D eigenvalue weighted by Gasteiger charge is -2.23. The number of urea groups is 1. The number of hydrogen-bond acceptors (Lipinski definition) is 6. The Morgan fingerprint density at radius 2 is 1.82 bits per heavy atom. The number of nitrogens with zero attached hydrogens (tertiary/aromatic N) is 5. The van der Waals surface area contributed by atoms with E-state index in [9.17, 15) is 22.8 Å². The van der Waals surface area contributed by atoms with Gasteiger partial charge in [0.05, 0.1) is 17.1 Å². The third kappa shape index (κ3) is 7.17. The number of carbonyl (C=O) groups excluding carboxylic acids is 2. The van der Waals surface area contributed by atoms with Crippen molar-refractivity contribution in [3.63, 3.8) is 0 Å². The second kappa shape index (κ2) is 12.8. The smallest absolute Gasteiger partial charge is 0.406 e. The molecule has 0 spiro atoms. The molecule has 1 N–H and O–H groups in total. The summed E-state index contributed by atoms with van der Waals surface area (Å²) in [6.07, 6.45) is -0.139. The molecule has 13 heteroatoms. The Morgan fingerprint density at radius 1 is 1.09 bits per heavy atom. The molecule has 0 unspecified atom stereocenters. The summed E-state index contributed by atoms with van der Waals surface area (Å²) < 4.78 is 42.5. The molecule has 0 aliphatic carbocycles. The van der Waals surface area contributed by atoms with Crippen LogP contribution in [0.5, 0.6) is 5.75 Å². The van der Waals surface area contributed by atoms with Crippen molar-refractivity contribution in [2.75, 3.05) is 10.7 Å². The van der Waals surface area contributed by atoms with Crippen LogP contribution in [0.25, 0.3) is 23.2 Å². The number of thioether (sulfide) groups is 1. The van der Waals surface area contributed by atoms with Gasteiger partial charge in [-0.3, -0.25) is 9.69 Å². The number of anilines is 1. The van der Waals surface area contributed by atoms with Gasteiger partial charge in [-0.05, 0) is 65.9 Å². The molecule has 1 aliphatic rings. The van der Waals surface area contributed by atoms with Gasteiger partial charge in [0.2, 0.25) is 5.91 Å². The first-order valence-electron chi connectivity index (χ1n) is 13.5. The number of aromatic nitrogens is 3. The van der Waals surface area contributed by atoms with E-state index in [0.717, 1.165) is 22.4 Å². The normalized spacial score (nSPS) is 14.7. The Kier molecular flexibility index (Phi) is 8.86. The van der Waals surface area contributed by atoms with Gasteiger partial charge in [-0.1, -0.05) is 62.0 Å². The molecule has 5 rings (SSSR count). The predicted octanol–water partition coefficient (Wildman–Crippen LogP) is 7.08. The van der Waals surface area contributed by atoms with Crippen LogP contribution in [-0.4, -0.2) is 44.0 Å². The SMILES string of the molecule is Cc1cccc(N2C(=O)CS/C2=N\C(=O)N/C=C/c2ccc(-c3ncn(-c4ccc(OC(F)(F)F)cc4)n3)cc2)c1C(C)C. The van der Waals surface area contributed by atoms with Crippen molar-refractivity contribution >= 4 is 40.6 Å². The van der Waals surface area contributed by atoms with Crippen LogP contribution < -0.4 is 15.0 Å². The Morgan fingerprint density at radius 3 is 2.50 bits per heavy atom. The van der Waals surface area contributed by atoms with Gasteiger partial charge in [-0.25, -0.2) is 14.5 Å². The van der Waals surface area contributed by atoms with E-state index in [2.05, 4.69) is 39.0 Å². The van der Waals surface area contributed by atoms with Crippen LogP contribution in [-0.2, 0) is 4.79 Å². The van der Waals surface area contributed by atoms with Gasteiger partial charge in [-0.2, -0.15) is 4.99 Å². The first-order valence-corrected chi connectivity index (χ1v) is 14.5. The standard InChI is InChI=1S/C31H27F3N6O3S/c1-19(2)27-20(3)5-4-6-25(27)40-26(41)17-44-30(40)37-29(42)35-16-15-21-7-9-22(10-8-21)28-36-18-39(38-28)23-11-13-24(14-12-23)43-31(32,33)34/h4-16,18-19H,17H2,1-3H3,(H,35,42)/b16-15+,37-30-. The molecular formula is C31H27F3N6O3S. The van der Waals surface area contributed by atoms with E-state index < -0.39 is 12.4 Å². The first-order chi connectivity index (χ1) is 21.0. The fourth-order valence-electron chi connectivity index (χ4n) is 4.68. The quantitative estimate of drug-likeness (QED) is 0.237. The zero-order chi connectivity index (χ0) is 31.4. The molecule has 0 bridgehead atoms. The fourth-order valence-corrected chi connectivity index (χ4v) is 5.54. The number of carbonyl (C=O) groups is 2. The minimum absolute atomic E-state index is 0.127. The Balaban J connectivity index is 1.21. The number of halogens is 3. The summed E-state index contributed by atoms with van der Waals surface area (Å²) in [5, 5.41) is 7.34. The van der Waals surface area contributed by atoms with E-state index in [1.807, 2.05) is 37.3 Å². The second-order valence-electron chi connectivity index (χ2n) is 10.0. The van der Waals surface area contributed by atoms with E-state index in [-0.39, 0.29) is 23.3 Å². The van der Waals surface area contributed by atoms with E-state index in [0.29, 0.717) is 22.2 Å². The highest BCUT2D eigenvalue weighted by atomic mass is 32.2. The molecule has 1 saturated heterocycles. The number of hydrogen-bond donors (Lipinski definition) is 1. The predicted molar refractivity (Wildman–Crippen MR) is 164 cm³/mol. The highest BCUT2D eigenvalue weighted by Gasteiger charge is 2.33. The molecule has 9 nitrogen and oxygen atoms in total. The number of aryl methyl sites for hydroxylation is 1. The molecule has 0 atom stereocenters. The van der Waals surface area contributed by atoms with Crippen LogP contribution in [0.2, 0.25) is 0 Å². The number of rotatable bonds is 7. The van der Waals surface area contributed by atoms with E-state index in [1.54, 1.807) is 18.2 Å². The second-order valence-corrected chi connectivity index (χ2v) is 11.0. The number of alkyl halides is 3. The molecule has 1 fully saturated rings. The Labute approximate surface area is 255 Å². The molecule has 226 valence electrons. The van der Waals surface area contributed by atoms with Crippen LogP contribution >= 0.6 is 11.8 Å². The summed E-state index contributed by atoms with van der Waals surface area (Å²) in [6, 6.07) is 17.7. The van der Waals surface area contributed by atoms with Crippen molar-refractivity contribution in [3.05, 3.63) is 95.9 Å². The molecule has 0 saturated carbocycles. The van der Waals surface area contributed by atoms with Crippen molar-refractivity contribution in [1.29, 1.82) is 0 Å². The summed E-state index contributed by atoms with van der Waals surface area (Å²) in [5.41, 5.74) is 4.86. The molecule has 0 radical (unpaired) electrons. The van der Waals surface area contributed by atoms with Crippen LogP contribution in [0.1, 0.15) is 36.5 Å². The summed E-state index contributed by atoms with van der Waals surface area (Å²) in [6.45, 7) is 6.12. The minimum Gasteiger partial charge on any atom is -0.406 e.